The third-order valence-corrected chi connectivity index (χ3v) is 12.5. The lowest BCUT2D eigenvalue weighted by Crippen LogP contribution is -2.30. The van der Waals surface area contributed by atoms with E-state index < -0.39 is 6.10 Å². The molecule has 0 radical (unpaired) electrons. The summed E-state index contributed by atoms with van der Waals surface area (Å²) in [5.74, 6) is -0.907. The number of ether oxygens (including phenoxy) is 3. The van der Waals surface area contributed by atoms with Gasteiger partial charge < -0.3 is 14.2 Å². The Morgan fingerprint density at radius 3 is 0.915 bits per heavy atom. The number of hydrogen-bond acceptors (Lipinski definition) is 6. The highest BCUT2D eigenvalue weighted by Crippen LogP contribution is 2.15. The van der Waals surface area contributed by atoms with Crippen LogP contribution in [0.2, 0.25) is 0 Å². The number of hydrogen-bond donors (Lipinski definition) is 0. The van der Waals surface area contributed by atoms with Crippen LogP contribution in [0.25, 0.3) is 0 Å². The van der Waals surface area contributed by atoms with Gasteiger partial charge in [0.1, 0.15) is 13.2 Å². The summed E-state index contributed by atoms with van der Waals surface area (Å²) in [6, 6.07) is 0. The van der Waals surface area contributed by atoms with Crippen LogP contribution in [-0.2, 0) is 28.6 Å². The van der Waals surface area contributed by atoms with Gasteiger partial charge >= 0.3 is 17.9 Å². The Balaban J connectivity index is 4.35. The van der Waals surface area contributed by atoms with Gasteiger partial charge in [0.15, 0.2) is 6.10 Å². The van der Waals surface area contributed by atoms with Crippen molar-refractivity contribution < 1.29 is 28.6 Å². The lowest BCUT2D eigenvalue weighted by atomic mass is 10.1. The molecule has 0 aromatic rings. The molecule has 0 aliphatic heterocycles. The Morgan fingerprint density at radius 1 is 0.296 bits per heavy atom. The molecule has 0 amide bonds. The standard InChI is InChI=1S/C65H110O6/c1-4-7-10-13-16-19-22-24-26-28-30-31-32-33-35-36-38-40-43-46-49-52-55-58-64(67)70-61-62(60-69-63(66)57-54-51-48-45-42-21-18-15-12-9-6-3)71-65(68)59-56-53-50-47-44-41-39-37-34-29-27-25-23-20-17-14-11-8-5-2/h7,10,15-20,24-27,30-31,33,35,62H,4-6,8-9,11-14,21-23,28-29,32,34,36-61H2,1-3H3/b10-7-,18-15-,19-16-,20-17-,26-24-,27-25-,31-30-,35-33-. The molecule has 1 atom stereocenters. The van der Waals surface area contributed by atoms with E-state index in [1.165, 1.54) is 128 Å². The first-order valence-corrected chi connectivity index (χ1v) is 29.7. The quantitative estimate of drug-likeness (QED) is 0.0261. The average molecular weight is 988 g/mol. The van der Waals surface area contributed by atoms with Gasteiger partial charge in [-0.15, -0.1) is 0 Å². The van der Waals surface area contributed by atoms with E-state index in [0.29, 0.717) is 19.3 Å². The second kappa shape index (κ2) is 58.9. The molecule has 0 spiro atoms. The summed E-state index contributed by atoms with van der Waals surface area (Å²) in [4.78, 5) is 38.2. The van der Waals surface area contributed by atoms with Gasteiger partial charge in [0.25, 0.3) is 0 Å². The second-order valence-electron chi connectivity index (χ2n) is 19.5. The Kier molecular flexibility index (Phi) is 55.9. The number of carbonyl (C=O) groups is 3. The first-order chi connectivity index (χ1) is 35.0. The maximum atomic E-state index is 12.9. The summed E-state index contributed by atoms with van der Waals surface area (Å²) in [6.07, 6.45) is 78.3. The molecule has 0 aliphatic carbocycles. The fourth-order valence-corrected chi connectivity index (χ4v) is 8.07. The van der Waals surface area contributed by atoms with Crippen LogP contribution in [-0.4, -0.2) is 37.2 Å². The van der Waals surface area contributed by atoms with Crippen molar-refractivity contribution in [1.82, 2.24) is 0 Å². The van der Waals surface area contributed by atoms with Gasteiger partial charge in [-0.25, -0.2) is 0 Å². The number of rotatable bonds is 53. The zero-order valence-electron chi connectivity index (χ0n) is 46.5. The summed E-state index contributed by atoms with van der Waals surface area (Å²) >= 11 is 0. The van der Waals surface area contributed by atoms with Crippen LogP contribution in [0.1, 0.15) is 278 Å². The predicted molar refractivity (Wildman–Crippen MR) is 307 cm³/mol. The minimum Gasteiger partial charge on any atom is -0.462 e. The van der Waals surface area contributed by atoms with Crippen molar-refractivity contribution in [3.8, 4) is 0 Å². The topological polar surface area (TPSA) is 78.9 Å². The monoisotopic (exact) mass is 987 g/mol. The SMILES string of the molecule is CC/C=C\C/C=C\C/C=C\C/C=C\C/C=C\CCCCCCCCCC(=O)OCC(COC(=O)CCCCCCC/C=C\CCCC)OC(=O)CCCCCCCCCCC/C=C\C/C=C\CCCCC. The van der Waals surface area contributed by atoms with E-state index in [9.17, 15) is 14.4 Å². The Hall–Kier alpha value is -3.67. The molecule has 0 saturated heterocycles. The molecule has 71 heavy (non-hydrogen) atoms. The molecule has 0 N–H and O–H groups in total. The van der Waals surface area contributed by atoms with Crippen molar-refractivity contribution in [1.29, 1.82) is 0 Å². The van der Waals surface area contributed by atoms with E-state index >= 15 is 0 Å². The summed E-state index contributed by atoms with van der Waals surface area (Å²) in [7, 11) is 0. The van der Waals surface area contributed by atoms with Crippen LogP contribution < -0.4 is 0 Å². The zero-order chi connectivity index (χ0) is 51.4. The van der Waals surface area contributed by atoms with E-state index in [0.717, 1.165) is 109 Å². The van der Waals surface area contributed by atoms with Gasteiger partial charge in [0, 0.05) is 19.3 Å². The lowest BCUT2D eigenvalue weighted by Gasteiger charge is -2.18. The van der Waals surface area contributed by atoms with E-state index in [1.54, 1.807) is 0 Å². The molecule has 0 bridgehead atoms. The Morgan fingerprint density at radius 2 is 0.563 bits per heavy atom. The van der Waals surface area contributed by atoms with Crippen molar-refractivity contribution in [2.45, 2.75) is 284 Å². The smallest absolute Gasteiger partial charge is 0.306 e. The lowest BCUT2D eigenvalue weighted by molar-refractivity contribution is -0.167. The third-order valence-electron chi connectivity index (χ3n) is 12.5. The molecule has 6 heteroatoms. The summed E-state index contributed by atoms with van der Waals surface area (Å²) in [5.41, 5.74) is 0. The summed E-state index contributed by atoms with van der Waals surface area (Å²) < 4.78 is 16.9. The normalized spacial score (nSPS) is 12.8. The third kappa shape index (κ3) is 57.1. The average Bonchev–Trinajstić information content (AvgIpc) is 3.37. The summed E-state index contributed by atoms with van der Waals surface area (Å²) in [6.45, 7) is 6.45. The Labute approximate surface area is 438 Å². The number of esters is 3. The van der Waals surface area contributed by atoms with E-state index in [2.05, 4.69) is 118 Å². The predicted octanol–water partition coefficient (Wildman–Crippen LogP) is 20.1. The highest BCUT2D eigenvalue weighted by molar-refractivity contribution is 5.71. The Bertz CT molecular complexity index is 1410. The maximum Gasteiger partial charge on any atom is 0.306 e. The van der Waals surface area contributed by atoms with Crippen LogP contribution in [0, 0.1) is 0 Å². The van der Waals surface area contributed by atoms with Crippen molar-refractivity contribution >= 4 is 17.9 Å². The molecular formula is C65H110O6. The first-order valence-electron chi connectivity index (χ1n) is 29.7. The van der Waals surface area contributed by atoms with Gasteiger partial charge in [0.05, 0.1) is 0 Å². The van der Waals surface area contributed by atoms with Crippen molar-refractivity contribution in [3.05, 3.63) is 97.2 Å². The zero-order valence-corrected chi connectivity index (χ0v) is 46.5. The van der Waals surface area contributed by atoms with Gasteiger partial charge in [0.2, 0.25) is 0 Å². The molecule has 1 unspecified atom stereocenters. The van der Waals surface area contributed by atoms with Crippen molar-refractivity contribution in [2.24, 2.45) is 0 Å². The van der Waals surface area contributed by atoms with Crippen LogP contribution >= 0.6 is 0 Å². The molecular weight excluding hydrogens is 877 g/mol. The van der Waals surface area contributed by atoms with Gasteiger partial charge in [-0.1, -0.05) is 240 Å². The highest BCUT2D eigenvalue weighted by Gasteiger charge is 2.19. The minimum absolute atomic E-state index is 0.0872. The van der Waals surface area contributed by atoms with Gasteiger partial charge in [-0.2, -0.15) is 0 Å². The largest absolute Gasteiger partial charge is 0.462 e. The van der Waals surface area contributed by atoms with Crippen LogP contribution in [0.3, 0.4) is 0 Å². The molecule has 0 saturated carbocycles. The van der Waals surface area contributed by atoms with Crippen molar-refractivity contribution in [3.63, 3.8) is 0 Å². The van der Waals surface area contributed by atoms with E-state index in [4.69, 9.17) is 14.2 Å². The number of allylic oxidation sites excluding steroid dienone is 16. The van der Waals surface area contributed by atoms with Crippen LogP contribution in [0.5, 0.6) is 0 Å². The fraction of sp³-hybridized carbons (Fsp3) is 0.708. The van der Waals surface area contributed by atoms with Crippen LogP contribution in [0.4, 0.5) is 0 Å². The highest BCUT2D eigenvalue weighted by atomic mass is 16.6. The van der Waals surface area contributed by atoms with E-state index in [-0.39, 0.29) is 31.1 Å². The first kappa shape index (κ1) is 67.3. The van der Waals surface area contributed by atoms with Gasteiger partial charge in [-0.3, -0.25) is 14.4 Å². The molecule has 0 aliphatic rings. The molecule has 6 nitrogen and oxygen atoms in total. The number of carbonyl (C=O) groups excluding carboxylic acids is 3. The molecule has 0 fully saturated rings. The van der Waals surface area contributed by atoms with Crippen molar-refractivity contribution in [2.75, 3.05) is 13.2 Å². The molecule has 0 rings (SSSR count). The number of unbranched alkanes of at least 4 members (excludes halogenated alkanes) is 26. The van der Waals surface area contributed by atoms with Crippen LogP contribution in [0.15, 0.2) is 97.2 Å². The molecule has 0 heterocycles. The second-order valence-corrected chi connectivity index (χ2v) is 19.5. The molecule has 0 aromatic heterocycles. The molecule has 0 aromatic carbocycles. The van der Waals surface area contributed by atoms with E-state index in [1.807, 2.05) is 0 Å². The fourth-order valence-electron chi connectivity index (χ4n) is 8.07. The minimum atomic E-state index is -0.789. The van der Waals surface area contributed by atoms with Gasteiger partial charge in [-0.05, 0) is 116 Å². The molecule has 406 valence electrons. The maximum absolute atomic E-state index is 12.9. The summed E-state index contributed by atoms with van der Waals surface area (Å²) in [5, 5.41) is 0.